The van der Waals surface area contributed by atoms with E-state index in [1.807, 2.05) is 49.4 Å². The maximum absolute atomic E-state index is 13.9. The first-order valence-corrected chi connectivity index (χ1v) is 14.0. The molecular weight excluding hydrogens is 516 g/mol. The van der Waals surface area contributed by atoms with Gasteiger partial charge in [-0.1, -0.05) is 48.9 Å². The van der Waals surface area contributed by atoms with Gasteiger partial charge in [0.25, 0.3) is 5.56 Å². The molecule has 0 saturated heterocycles. The number of esters is 1. The monoisotopic (exact) mass is 550 g/mol. The number of hydrogen-bond acceptors (Lipinski definition) is 8. The molecule has 1 aliphatic heterocycles. The molecule has 1 aromatic heterocycles. The van der Waals surface area contributed by atoms with Gasteiger partial charge in [-0.2, -0.15) is 0 Å². The number of benzene rings is 2. The van der Waals surface area contributed by atoms with Crippen LogP contribution in [0.3, 0.4) is 0 Å². The van der Waals surface area contributed by atoms with Crippen molar-refractivity contribution in [3.05, 3.63) is 84.5 Å². The molecule has 206 valence electrons. The number of hydrogen-bond donors (Lipinski definition) is 0. The molecule has 8 nitrogen and oxygen atoms in total. The van der Waals surface area contributed by atoms with Gasteiger partial charge in [0.1, 0.15) is 5.75 Å². The van der Waals surface area contributed by atoms with E-state index in [1.165, 1.54) is 11.3 Å². The van der Waals surface area contributed by atoms with E-state index in [-0.39, 0.29) is 12.2 Å². The fourth-order valence-electron chi connectivity index (χ4n) is 4.43. The summed E-state index contributed by atoms with van der Waals surface area (Å²) in [7, 11) is 1.57. The minimum atomic E-state index is -0.747. The molecule has 0 saturated carbocycles. The van der Waals surface area contributed by atoms with Crippen molar-refractivity contribution in [2.75, 3.05) is 26.9 Å². The van der Waals surface area contributed by atoms with Crippen molar-refractivity contribution in [2.24, 2.45) is 4.99 Å². The van der Waals surface area contributed by atoms with Gasteiger partial charge in [-0.05, 0) is 57.0 Å². The van der Waals surface area contributed by atoms with Crippen LogP contribution in [0.5, 0.6) is 17.2 Å². The van der Waals surface area contributed by atoms with Crippen LogP contribution in [0.4, 0.5) is 0 Å². The summed E-state index contributed by atoms with van der Waals surface area (Å²) in [6.07, 6.45) is 3.74. The Morgan fingerprint density at radius 2 is 1.85 bits per heavy atom. The molecule has 2 heterocycles. The number of methoxy groups -OCH3 is 1. The molecule has 0 spiro atoms. The zero-order valence-corrected chi connectivity index (χ0v) is 23.8. The zero-order valence-electron chi connectivity index (χ0n) is 23.0. The highest BCUT2D eigenvalue weighted by Gasteiger charge is 2.34. The predicted molar refractivity (Wildman–Crippen MR) is 151 cm³/mol. The molecule has 0 aliphatic carbocycles. The molecule has 0 radical (unpaired) electrons. The van der Waals surface area contributed by atoms with Gasteiger partial charge in [-0.25, -0.2) is 9.79 Å². The number of carbonyl (C=O) groups excluding carboxylic acids is 1. The Morgan fingerprint density at radius 1 is 1.05 bits per heavy atom. The van der Waals surface area contributed by atoms with Crippen LogP contribution in [0, 0.1) is 0 Å². The van der Waals surface area contributed by atoms with Gasteiger partial charge in [-0.3, -0.25) is 9.36 Å². The fourth-order valence-corrected chi connectivity index (χ4v) is 5.47. The Bertz CT molecular complexity index is 1550. The quantitative estimate of drug-likeness (QED) is 0.260. The molecule has 1 aliphatic rings. The topological polar surface area (TPSA) is 88.4 Å². The number of thiazole rings is 1. The molecule has 0 N–H and O–H groups in total. The summed E-state index contributed by atoms with van der Waals surface area (Å²) in [5.41, 5.74) is 2.04. The SMILES string of the molecule is CCCCOc1ccc([C@H]2C(C(=O)OCC)=C(C)N=c3s/c(=C\c4ccccc4OCC)c(=O)n32)cc1OC. The van der Waals surface area contributed by atoms with Crippen LogP contribution in [0.1, 0.15) is 57.7 Å². The lowest BCUT2D eigenvalue weighted by atomic mass is 9.95. The summed E-state index contributed by atoms with van der Waals surface area (Å²) >= 11 is 1.27. The van der Waals surface area contributed by atoms with Gasteiger partial charge in [0.15, 0.2) is 16.3 Å². The number of nitrogens with zero attached hydrogens (tertiary/aromatic N) is 2. The summed E-state index contributed by atoms with van der Waals surface area (Å²) in [5, 5.41) is 0. The molecule has 0 bridgehead atoms. The molecular formula is C30H34N2O6S. The van der Waals surface area contributed by atoms with Gasteiger partial charge in [0.05, 0.1) is 48.8 Å². The average molecular weight is 551 g/mol. The van der Waals surface area contributed by atoms with Gasteiger partial charge < -0.3 is 18.9 Å². The Labute approximate surface area is 231 Å². The van der Waals surface area contributed by atoms with Gasteiger partial charge in [-0.15, -0.1) is 0 Å². The fraction of sp³-hybridized carbons (Fsp3) is 0.367. The van der Waals surface area contributed by atoms with E-state index in [1.54, 1.807) is 31.6 Å². The number of fused-ring (bicyclic) bond motifs is 1. The third kappa shape index (κ3) is 5.93. The highest BCUT2D eigenvalue weighted by Crippen LogP contribution is 2.36. The van der Waals surface area contributed by atoms with E-state index >= 15 is 0 Å². The molecule has 0 fully saturated rings. The van der Waals surface area contributed by atoms with E-state index in [4.69, 9.17) is 18.9 Å². The first kappa shape index (κ1) is 28.2. The smallest absolute Gasteiger partial charge is 0.338 e. The van der Waals surface area contributed by atoms with Crippen molar-refractivity contribution in [1.82, 2.24) is 4.57 Å². The van der Waals surface area contributed by atoms with Crippen LogP contribution >= 0.6 is 11.3 Å². The highest BCUT2D eigenvalue weighted by molar-refractivity contribution is 7.07. The Kier molecular flexibility index (Phi) is 9.24. The Balaban J connectivity index is 1.90. The number of rotatable bonds is 11. The lowest BCUT2D eigenvalue weighted by Crippen LogP contribution is -2.40. The maximum Gasteiger partial charge on any atom is 0.338 e. The predicted octanol–water partition coefficient (Wildman–Crippen LogP) is 4.38. The maximum atomic E-state index is 13.9. The number of unbranched alkanes of at least 4 members (excludes halogenated alkanes) is 1. The molecule has 9 heteroatoms. The van der Waals surface area contributed by atoms with Crippen LogP contribution in [0.15, 0.2) is 63.5 Å². The second kappa shape index (κ2) is 12.8. The van der Waals surface area contributed by atoms with Crippen LogP contribution in [-0.2, 0) is 9.53 Å². The van der Waals surface area contributed by atoms with Crippen molar-refractivity contribution in [1.29, 1.82) is 0 Å². The first-order chi connectivity index (χ1) is 18.9. The lowest BCUT2D eigenvalue weighted by molar-refractivity contribution is -0.139. The zero-order chi connectivity index (χ0) is 27.9. The van der Waals surface area contributed by atoms with Crippen LogP contribution in [0.2, 0.25) is 0 Å². The summed E-state index contributed by atoms with van der Waals surface area (Å²) < 4.78 is 24.7. The number of ether oxygens (including phenoxy) is 4. The first-order valence-electron chi connectivity index (χ1n) is 13.2. The van der Waals surface area contributed by atoms with E-state index in [9.17, 15) is 9.59 Å². The van der Waals surface area contributed by atoms with E-state index < -0.39 is 12.0 Å². The van der Waals surface area contributed by atoms with E-state index in [0.29, 0.717) is 56.6 Å². The summed E-state index contributed by atoms with van der Waals surface area (Å²) in [6, 6.07) is 12.3. The Morgan fingerprint density at radius 3 is 2.56 bits per heavy atom. The van der Waals surface area contributed by atoms with E-state index in [0.717, 1.165) is 18.4 Å². The molecule has 1 atom stereocenters. The molecule has 3 aromatic rings. The molecule has 2 aromatic carbocycles. The van der Waals surface area contributed by atoms with E-state index in [2.05, 4.69) is 11.9 Å². The largest absolute Gasteiger partial charge is 0.493 e. The van der Waals surface area contributed by atoms with Crippen molar-refractivity contribution in [3.8, 4) is 17.2 Å². The molecule has 0 amide bonds. The second-order valence-corrected chi connectivity index (χ2v) is 9.89. The summed E-state index contributed by atoms with van der Waals surface area (Å²) in [6.45, 7) is 8.81. The van der Waals surface area contributed by atoms with Crippen LogP contribution in [0.25, 0.3) is 6.08 Å². The normalized spacial score (nSPS) is 15.0. The third-order valence-electron chi connectivity index (χ3n) is 6.28. The summed E-state index contributed by atoms with van der Waals surface area (Å²) in [5.74, 6) is 1.30. The number of para-hydroxylation sites is 1. The molecule has 4 rings (SSSR count). The van der Waals surface area contributed by atoms with Gasteiger partial charge in [0, 0.05) is 5.56 Å². The van der Waals surface area contributed by atoms with Crippen molar-refractivity contribution >= 4 is 23.4 Å². The number of allylic oxidation sites excluding steroid dienone is 1. The minimum Gasteiger partial charge on any atom is -0.493 e. The summed E-state index contributed by atoms with van der Waals surface area (Å²) in [4.78, 5) is 32.3. The Hall–Kier alpha value is -3.85. The van der Waals surface area contributed by atoms with Gasteiger partial charge >= 0.3 is 5.97 Å². The second-order valence-electron chi connectivity index (χ2n) is 8.89. The van der Waals surface area contributed by atoms with Crippen LogP contribution in [-0.4, -0.2) is 37.5 Å². The van der Waals surface area contributed by atoms with Crippen molar-refractivity contribution < 1.29 is 23.7 Å². The average Bonchev–Trinajstić information content (AvgIpc) is 3.23. The highest BCUT2D eigenvalue weighted by atomic mass is 32.1. The molecule has 0 unspecified atom stereocenters. The van der Waals surface area contributed by atoms with Crippen molar-refractivity contribution in [2.45, 2.75) is 46.6 Å². The van der Waals surface area contributed by atoms with Crippen LogP contribution < -0.4 is 29.1 Å². The minimum absolute atomic E-state index is 0.203. The number of aromatic nitrogens is 1. The van der Waals surface area contributed by atoms with Crippen molar-refractivity contribution in [3.63, 3.8) is 0 Å². The molecule has 39 heavy (non-hydrogen) atoms. The lowest BCUT2D eigenvalue weighted by Gasteiger charge is -2.25. The van der Waals surface area contributed by atoms with Gasteiger partial charge in [0.2, 0.25) is 0 Å². The number of carbonyl (C=O) groups is 1. The third-order valence-corrected chi connectivity index (χ3v) is 7.26. The standard InChI is InChI=1S/C30H34N2O6S/c1-6-9-16-38-23-15-14-21(17-24(23)35-5)27-26(29(34)37-8-3)19(4)31-30-32(27)28(33)25(39-30)18-20-12-10-11-13-22(20)36-7-2/h10-15,17-18,27H,6-9,16H2,1-5H3/b25-18-/t27-/m0/s1.